The van der Waals surface area contributed by atoms with Crippen molar-refractivity contribution in [2.45, 2.75) is 0 Å². The molecule has 0 aliphatic carbocycles. The van der Waals surface area contributed by atoms with Gasteiger partial charge >= 0.3 is 0 Å². The molecule has 28 valence electrons. The first-order valence-corrected chi connectivity index (χ1v) is 0.816. The summed E-state index contributed by atoms with van der Waals surface area (Å²) in [6, 6.07) is 0. The fourth-order valence-corrected chi connectivity index (χ4v) is 0. The molecule has 0 aliphatic heterocycles. The molecular formula is CH8N2S. The van der Waals surface area contributed by atoms with Gasteiger partial charge in [-0.25, -0.2) is 0 Å². The van der Waals surface area contributed by atoms with Gasteiger partial charge in [-0.3, -0.25) is 0 Å². The summed E-state index contributed by atoms with van der Waals surface area (Å²) in [6.07, 6.45) is 0. The van der Waals surface area contributed by atoms with E-state index in [-0.39, 0.29) is 20.2 Å². The fourth-order valence-electron chi connectivity index (χ4n) is 0. The van der Waals surface area contributed by atoms with Gasteiger partial charge in [0.15, 0.2) is 0 Å². The SMILES string of the molecule is NCN.S. The quantitative estimate of drug-likeness (QED) is 0.366. The van der Waals surface area contributed by atoms with Crippen molar-refractivity contribution in [2.75, 3.05) is 6.67 Å². The third-order valence-corrected chi connectivity index (χ3v) is 0. The largest absolute Gasteiger partial charge is 0.319 e. The molecule has 0 aliphatic rings. The minimum absolute atomic E-state index is 0. The van der Waals surface area contributed by atoms with Crippen LogP contribution in [0.25, 0.3) is 0 Å². The molecule has 0 fully saturated rings. The summed E-state index contributed by atoms with van der Waals surface area (Å²) in [5, 5.41) is 0. The van der Waals surface area contributed by atoms with E-state index in [2.05, 4.69) is 11.5 Å². The average Bonchev–Trinajstić information content (AvgIpc) is 0.918. The first kappa shape index (κ1) is 8.86. The van der Waals surface area contributed by atoms with E-state index in [0.717, 1.165) is 0 Å². The molecule has 0 radical (unpaired) electrons. The topological polar surface area (TPSA) is 52.0 Å². The van der Waals surface area contributed by atoms with E-state index in [1.165, 1.54) is 0 Å². The Kier molecular flexibility index (Phi) is 23.1. The van der Waals surface area contributed by atoms with E-state index in [1.807, 2.05) is 0 Å². The summed E-state index contributed by atoms with van der Waals surface area (Å²) < 4.78 is 0. The normalized spacial score (nSPS) is 4.50. The Morgan fingerprint density at radius 2 is 1.25 bits per heavy atom. The molecule has 0 unspecified atom stereocenters. The molecule has 3 heteroatoms. The van der Waals surface area contributed by atoms with Gasteiger partial charge < -0.3 is 11.5 Å². The number of rotatable bonds is 0. The fraction of sp³-hybridized carbons (Fsp3) is 1.00. The van der Waals surface area contributed by atoms with Gasteiger partial charge in [-0.1, -0.05) is 0 Å². The van der Waals surface area contributed by atoms with Gasteiger partial charge in [-0.2, -0.15) is 13.5 Å². The maximum Gasteiger partial charge on any atom is 0.0403 e. The van der Waals surface area contributed by atoms with E-state index in [4.69, 9.17) is 0 Å². The Bertz CT molecular complexity index is 6.00. The highest BCUT2D eigenvalue weighted by Crippen LogP contribution is 0.861. The van der Waals surface area contributed by atoms with E-state index in [9.17, 15) is 0 Å². The smallest absolute Gasteiger partial charge is 0.0403 e. The zero-order valence-electron chi connectivity index (χ0n) is 2.36. The van der Waals surface area contributed by atoms with Crippen molar-refractivity contribution >= 4 is 13.5 Å². The van der Waals surface area contributed by atoms with Crippen LogP contribution < -0.4 is 11.5 Å². The van der Waals surface area contributed by atoms with Gasteiger partial charge in [0.25, 0.3) is 0 Å². The third kappa shape index (κ3) is 50.2. The van der Waals surface area contributed by atoms with Crippen molar-refractivity contribution in [3.63, 3.8) is 0 Å². The van der Waals surface area contributed by atoms with Crippen LogP contribution in [-0.2, 0) is 0 Å². The molecule has 0 amide bonds. The van der Waals surface area contributed by atoms with E-state index in [1.54, 1.807) is 0 Å². The Hall–Kier alpha value is 0.270. The molecule has 0 atom stereocenters. The van der Waals surface area contributed by atoms with Gasteiger partial charge in [0.2, 0.25) is 0 Å². The highest BCUT2D eigenvalue weighted by molar-refractivity contribution is 7.59. The van der Waals surface area contributed by atoms with Crippen molar-refractivity contribution in [3.05, 3.63) is 0 Å². The lowest BCUT2D eigenvalue weighted by atomic mass is 11.3. The third-order valence-electron chi connectivity index (χ3n) is 0. The minimum atomic E-state index is 0. The second-order valence-electron chi connectivity index (χ2n) is 0.236. The first-order valence-electron chi connectivity index (χ1n) is 0.816. The second kappa shape index (κ2) is 10.4. The highest BCUT2D eigenvalue weighted by atomic mass is 32.1. The lowest BCUT2D eigenvalue weighted by Crippen LogP contribution is -2.08. The van der Waals surface area contributed by atoms with Crippen molar-refractivity contribution in [3.8, 4) is 0 Å². The maximum atomic E-state index is 4.62. The molecule has 2 nitrogen and oxygen atoms in total. The number of hydrogen-bond acceptors (Lipinski definition) is 2. The van der Waals surface area contributed by atoms with Crippen LogP contribution in [-0.4, -0.2) is 6.67 Å². The monoisotopic (exact) mass is 80.0 g/mol. The van der Waals surface area contributed by atoms with Crippen molar-refractivity contribution in [1.82, 2.24) is 0 Å². The molecule has 0 aromatic rings. The van der Waals surface area contributed by atoms with Crippen LogP contribution in [0.4, 0.5) is 0 Å². The Labute approximate surface area is 32.6 Å². The number of hydrogen-bond donors (Lipinski definition) is 2. The molecule has 0 aromatic carbocycles. The Balaban J connectivity index is 0. The van der Waals surface area contributed by atoms with Crippen LogP contribution in [0.2, 0.25) is 0 Å². The summed E-state index contributed by atoms with van der Waals surface area (Å²) in [6.45, 7) is 0.250. The molecule has 4 N–H and O–H groups in total. The van der Waals surface area contributed by atoms with Gasteiger partial charge in [-0.15, -0.1) is 0 Å². The highest BCUT2D eigenvalue weighted by Gasteiger charge is 1.29. The molecule has 0 aromatic heterocycles. The summed E-state index contributed by atoms with van der Waals surface area (Å²) in [7, 11) is 0. The summed E-state index contributed by atoms with van der Waals surface area (Å²) in [5.41, 5.74) is 9.25. The van der Waals surface area contributed by atoms with Crippen LogP contribution in [0.5, 0.6) is 0 Å². The van der Waals surface area contributed by atoms with Gasteiger partial charge in [0, 0.05) is 6.67 Å². The lowest BCUT2D eigenvalue weighted by molar-refractivity contribution is 1.07. The molecule has 0 bridgehead atoms. The Morgan fingerprint density at radius 1 is 1.25 bits per heavy atom. The molecule has 0 rings (SSSR count). The number of nitrogens with two attached hydrogens (primary N) is 2. The van der Waals surface area contributed by atoms with Crippen molar-refractivity contribution in [1.29, 1.82) is 0 Å². The molecular weight excluding hydrogens is 72.1 g/mol. The summed E-state index contributed by atoms with van der Waals surface area (Å²) in [5.74, 6) is 0. The minimum Gasteiger partial charge on any atom is -0.319 e. The zero-order chi connectivity index (χ0) is 2.71. The molecule has 0 saturated heterocycles. The van der Waals surface area contributed by atoms with Crippen LogP contribution >= 0.6 is 13.5 Å². The van der Waals surface area contributed by atoms with Gasteiger partial charge in [-0.05, 0) is 0 Å². The van der Waals surface area contributed by atoms with Crippen LogP contribution in [0.15, 0.2) is 0 Å². The standard InChI is InChI=1S/CH6N2.H2S/c2-1-3;/h1-3H2;1H2. The first-order chi connectivity index (χ1) is 1.41. The van der Waals surface area contributed by atoms with Crippen LogP contribution in [0, 0.1) is 0 Å². The summed E-state index contributed by atoms with van der Waals surface area (Å²) in [4.78, 5) is 0. The molecule has 4 heavy (non-hydrogen) atoms. The second-order valence-corrected chi connectivity index (χ2v) is 0.236. The molecule has 0 saturated carbocycles. The molecule has 0 spiro atoms. The van der Waals surface area contributed by atoms with Crippen LogP contribution in [0.3, 0.4) is 0 Å². The van der Waals surface area contributed by atoms with Crippen molar-refractivity contribution in [2.24, 2.45) is 11.5 Å². The van der Waals surface area contributed by atoms with Gasteiger partial charge in [0.05, 0.1) is 0 Å². The van der Waals surface area contributed by atoms with Crippen LogP contribution in [0.1, 0.15) is 0 Å². The zero-order valence-corrected chi connectivity index (χ0v) is 3.36. The van der Waals surface area contributed by atoms with E-state index in [0.29, 0.717) is 0 Å². The predicted octanol–water partition coefficient (Wildman–Crippen LogP) is -1.03. The Morgan fingerprint density at radius 3 is 1.25 bits per heavy atom. The van der Waals surface area contributed by atoms with E-state index >= 15 is 0 Å². The predicted molar refractivity (Wildman–Crippen MR) is 23.6 cm³/mol. The van der Waals surface area contributed by atoms with E-state index < -0.39 is 0 Å². The lowest BCUT2D eigenvalue weighted by Gasteiger charge is -1.56. The average molecular weight is 80.2 g/mol. The van der Waals surface area contributed by atoms with Crippen molar-refractivity contribution < 1.29 is 0 Å². The summed E-state index contributed by atoms with van der Waals surface area (Å²) >= 11 is 0. The molecule has 0 heterocycles. The van der Waals surface area contributed by atoms with Gasteiger partial charge in [0.1, 0.15) is 0 Å². The maximum absolute atomic E-state index is 4.62.